The summed E-state index contributed by atoms with van der Waals surface area (Å²) in [5, 5.41) is 4.77. The van der Waals surface area contributed by atoms with Crippen molar-refractivity contribution in [2.75, 3.05) is 0 Å². The van der Waals surface area contributed by atoms with Crippen LogP contribution in [0.3, 0.4) is 0 Å². The molecule has 12 rings (SSSR count). The highest BCUT2D eigenvalue weighted by Crippen LogP contribution is 2.50. The zero-order valence-corrected chi connectivity index (χ0v) is 27.9. The molecular formula is C48H28N2O2. The number of para-hydroxylation sites is 3. The molecule has 0 radical (unpaired) electrons. The molecule has 4 heterocycles. The highest BCUT2D eigenvalue weighted by Gasteiger charge is 2.27. The number of aromatic nitrogens is 2. The van der Waals surface area contributed by atoms with Gasteiger partial charge in [0, 0.05) is 21.5 Å². The molecule has 242 valence electrons. The third kappa shape index (κ3) is 3.81. The molecule has 2 aliphatic heterocycles. The monoisotopic (exact) mass is 664 g/mol. The van der Waals surface area contributed by atoms with Gasteiger partial charge in [0.15, 0.2) is 23.0 Å². The van der Waals surface area contributed by atoms with Crippen molar-refractivity contribution in [1.82, 2.24) is 9.13 Å². The number of benzene rings is 8. The van der Waals surface area contributed by atoms with Gasteiger partial charge in [0.2, 0.25) is 0 Å². The molecule has 0 atom stereocenters. The van der Waals surface area contributed by atoms with Crippen LogP contribution in [-0.2, 0) is 0 Å². The molecule has 0 aliphatic carbocycles. The molecule has 0 bridgehead atoms. The maximum atomic E-state index is 6.83. The molecule has 2 aliphatic rings. The Morgan fingerprint density at radius 1 is 0.288 bits per heavy atom. The van der Waals surface area contributed by atoms with Crippen LogP contribution in [0.4, 0.5) is 0 Å². The molecule has 4 heteroatoms. The summed E-state index contributed by atoms with van der Waals surface area (Å²) in [5.41, 5.74) is 13.6. The van der Waals surface area contributed by atoms with Crippen LogP contribution in [0.15, 0.2) is 170 Å². The summed E-state index contributed by atoms with van der Waals surface area (Å²) in [6.45, 7) is 0. The van der Waals surface area contributed by atoms with Crippen LogP contribution >= 0.6 is 0 Å². The molecule has 0 N–H and O–H groups in total. The molecular weight excluding hydrogens is 637 g/mol. The van der Waals surface area contributed by atoms with Gasteiger partial charge in [-0.05, 0) is 100 Å². The smallest absolute Gasteiger partial charge is 0.152 e. The quantitative estimate of drug-likeness (QED) is 0.188. The van der Waals surface area contributed by atoms with Crippen molar-refractivity contribution >= 4 is 43.6 Å². The van der Waals surface area contributed by atoms with Gasteiger partial charge >= 0.3 is 0 Å². The molecule has 10 aromatic rings. The minimum atomic E-state index is 0.853. The Morgan fingerprint density at radius 3 is 1.56 bits per heavy atom. The molecule has 2 aromatic heterocycles. The molecule has 52 heavy (non-hydrogen) atoms. The van der Waals surface area contributed by atoms with Crippen LogP contribution in [0.1, 0.15) is 0 Å². The molecule has 0 spiro atoms. The molecule has 0 saturated carbocycles. The third-order valence-corrected chi connectivity index (χ3v) is 10.9. The van der Waals surface area contributed by atoms with E-state index >= 15 is 0 Å². The number of fused-ring (bicyclic) bond motifs is 10. The summed E-state index contributed by atoms with van der Waals surface area (Å²) in [4.78, 5) is 0. The largest absolute Gasteiger partial charge is 0.453 e. The van der Waals surface area contributed by atoms with Gasteiger partial charge in [-0.25, -0.2) is 0 Å². The molecule has 8 aromatic carbocycles. The van der Waals surface area contributed by atoms with E-state index in [-0.39, 0.29) is 0 Å². The fraction of sp³-hybridized carbons (Fsp3) is 0. The van der Waals surface area contributed by atoms with Crippen LogP contribution in [0.25, 0.3) is 88.4 Å². The van der Waals surface area contributed by atoms with E-state index in [4.69, 9.17) is 9.47 Å². The van der Waals surface area contributed by atoms with Crippen LogP contribution in [0, 0.1) is 0 Å². The zero-order chi connectivity index (χ0) is 33.9. The SMILES string of the molecule is c1ccc(-c2ccc3c(c2)Oc2cc(-c4ccccc4)cc4c5cc(-c6ccc7c(c6)c6cccc8c6n7-c6ccccc6O8)ccc5n-3c24)cc1. The lowest BCUT2D eigenvalue weighted by Crippen LogP contribution is -2.04. The number of ether oxygens (including phenoxy) is 2. The Balaban J connectivity index is 1.09. The van der Waals surface area contributed by atoms with Gasteiger partial charge in [-0.15, -0.1) is 0 Å². The van der Waals surface area contributed by atoms with Gasteiger partial charge in [0.1, 0.15) is 0 Å². The van der Waals surface area contributed by atoms with Crippen molar-refractivity contribution in [3.63, 3.8) is 0 Å². The van der Waals surface area contributed by atoms with Gasteiger partial charge in [-0.3, -0.25) is 0 Å². The second-order valence-corrected chi connectivity index (χ2v) is 13.7. The van der Waals surface area contributed by atoms with Gasteiger partial charge < -0.3 is 18.6 Å². The van der Waals surface area contributed by atoms with Gasteiger partial charge in [0.25, 0.3) is 0 Å². The van der Waals surface area contributed by atoms with E-state index in [9.17, 15) is 0 Å². The molecule has 0 amide bonds. The highest BCUT2D eigenvalue weighted by atomic mass is 16.5. The van der Waals surface area contributed by atoms with E-state index in [0.717, 1.165) is 67.6 Å². The second-order valence-electron chi connectivity index (χ2n) is 13.7. The average Bonchev–Trinajstić information content (AvgIpc) is 3.72. The zero-order valence-electron chi connectivity index (χ0n) is 27.9. The summed E-state index contributed by atoms with van der Waals surface area (Å²) in [5.74, 6) is 3.48. The number of rotatable bonds is 3. The first kappa shape index (κ1) is 27.7. The molecule has 4 nitrogen and oxygen atoms in total. The summed E-state index contributed by atoms with van der Waals surface area (Å²) < 4.78 is 17.9. The van der Waals surface area contributed by atoms with Crippen molar-refractivity contribution in [3.05, 3.63) is 170 Å². The van der Waals surface area contributed by atoms with Crippen molar-refractivity contribution in [2.45, 2.75) is 0 Å². The topological polar surface area (TPSA) is 28.3 Å². The Hall–Kier alpha value is -7.04. The third-order valence-electron chi connectivity index (χ3n) is 10.9. The minimum absolute atomic E-state index is 0.853. The average molecular weight is 665 g/mol. The maximum absolute atomic E-state index is 6.83. The first-order valence-corrected chi connectivity index (χ1v) is 17.7. The lowest BCUT2D eigenvalue weighted by atomic mass is 9.99. The van der Waals surface area contributed by atoms with Crippen LogP contribution in [0.2, 0.25) is 0 Å². The fourth-order valence-electron chi connectivity index (χ4n) is 8.52. The number of hydrogen-bond acceptors (Lipinski definition) is 2. The fourth-order valence-corrected chi connectivity index (χ4v) is 8.52. The predicted octanol–water partition coefficient (Wildman–Crippen LogP) is 13.1. The second kappa shape index (κ2) is 10.3. The molecule has 0 fully saturated rings. The summed E-state index contributed by atoms with van der Waals surface area (Å²) >= 11 is 0. The first-order valence-electron chi connectivity index (χ1n) is 17.7. The van der Waals surface area contributed by atoms with Crippen molar-refractivity contribution < 1.29 is 9.47 Å². The van der Waals surface area contributed by atoms with E-state index in [2.05, 4.69) is 167 Å². The standard InChI is InChI=1S/C48H28N2O2/c1-3-10-29(11-4-1)33-20-23-42-45(27-33)52-46-28-34(30-12-5-2-6-13-30)26-38-37-25-32(19-22-40(37)50(42)48(38)46)31-18-21-39-36(24-31)35-14-9-17-44-47(35)49(39)41-15-7-8-16-43(41)51-44/h1-28H. The van der Waals surface area contributed by atoms with Crippen molar-refractivity contribution in [1.29, 1.82) is 0 Å². The minimum Gasteiger partial charge on any atom is -0.453 e. The Bertz CT molecular complexity index is 3120. The maximum Gasteiger partial charge on any atom is 0.152 e. The first-order chi connectivity index (χ1) is 25.8. The Kier molecular flexibility index (Phi) is 5.47. The van der Waals surface area contributed by atoms with Crippen LogP contribution in [-0.4, -0.2) is 9.13 Å². The highest BCUT2D eigenvalue weighted by molar-refractivity contribution is 6.16. The van der Waals surface area contributed by atoms with Gasteiger partial charge in [-0.1, -0.05) is 103 Å². The predicted molar refractivity (Wildman–Crippen MR) is 212 cm³/mol. The van der Waals surface area contributed by atoms with E-state index in [0.29, 0.717) is 0 Å². The van der Waals surface area contributed by atoms with E-state index < -0.39 is 0 Å². The Labute approximate surface area is 298 Å². The normalized spacial score (nSPS) is 12.5. The van der Waals surface area contributed by atoms with E-state index in [1.54, 1.807) is 0 Å². The summed E-state index contributed by atoms with van der Waals surface area (Å²) in [7, 11) is 0. The van der Waals surface area contributed by atoms with E-state index in [1.807, 2.05) is 12.1 Å². The summed E-state index contributed by atoms with van der Waals surface area (Å²) in [6, 6.07) is 60.6. The lowest BCUT2D eigenvalue weighted by Gasteiger charge is -2.22. The van der Waals surface area contributed by atoms with Crippen molar-refractivity contribution in [2.24, 2.45) is 0 Å². The lowest BCUT2D eigenvalue weighted by molar-refractivity contribution is 0.476. The van der Waals surface area contributed by atoms with Gasteiger partial charge in [-0.2, -0.15) is 0 Å². The van der Waals surface area contributed by atoms with Crippen molar-refractivity contribution in [3.8, 4) is 67.8 Å². The summed E-state index contributed by atoms with van der Waals surface area (Å²) in [6.07, 6.45) is 0. The Morgan fingerprint density at radius 2 is 0.808 bits per heavy atom. The van der Waals surface area contributed by atoms with Crippen LogP contribution < -0.4 is 9.47 Å². The molecule has 0 unspecified atom stereocenters. The number of hydrogen-bond donors (Lipinski definition) is 0. The number of nitrogens with zero attached hydrogens (tertiary/aromatic N) is 2. The van der Waals surface area contributed by atoms with Crippen LogP contribution in [0.5, 0.6) is 23.0 Å². The molecule has 0 saturated heterocycles. The van der Waals surface area contributed by atoms with E-state index in [1.165, 1.54) is 43.8 Å². The van der Waals surface area contributed by atoms with Gasteiger partial charge in [0.05, 0.1) is 33.4 Å².